The Hall–Kier alpha value is -9.02. The molecule has 0 saturated carbocycles. The van der Waals surface area contributed by atoms with Crippen LogP contribution < -0.4 is 43.4 Å². The summed E-state index contributed by atoms with van der Waals surface area (Å²) in [5.74, 6) is -13.6. The zero-order valence-electron chi connectivity index (χ0n) is 45.0. The zero-order chi connectivity index (χ0) is 59.9. The Kier molecular flexibility index (Phi) is 29.7. The number of hydrogen-bond donors (Lipinski definition) is 10. The van der Waals surface area contributed by atoms with Gasteiger partial charge in [0.15, 0.2) is 0 Å². The molecule has 3 heterocycles. The molecule has 0 radical (unpaired) electrons. The number of fused-ring (bicyclic) bond motifs is 3. The highest BCUT2D eigenvalue weighted by atomic mass is 16.6. The van der Waals surface area contributed by atoms with Crippen molar-refractivity contribution in [3.05, 3.63) is 71.3 Å². The van der Waals surface area contributed by atoms with Crippen LogP contribution in [0.4, 0.5) is 34.1 Å². The lowest BCUT2D eigenvalue weighted by atomic mass is 10.1. The standard InChI is InChI=1S/C16H19N3O6.C16H18N2O6.C10H16O6.C8H8N2O.C2H7NO/c1-2-25-16(24)13(14(22)17-5-6-20)15(23)18-10-4-3-9-7-12(21)19-11(9)8-10;1-3-23-15(21)13(16(22)24-4-2)14(20)17-10-6-5-9-7-12(19)18-11(9)8-10;1-4-14-8(11)7(9(12)15-5-2)10(13)16-6-3;9-6-2-1-5-3-8(11)10-7(5)4-6;3-1-2-4/h3-4,8,13,20H,2,5-7H2,1H3,(H,17,22)(H,18,23)(H,19,21);5-6,8,13H,3-4,7H2,1-2H3,(H,17,20)(H,18,19);7H,4-6H2,1-3H3;1-2,4H,3,9H2,(H,10,11);4H,1-3H2. The van der Waals surface area contributed by atoms with Gasteiger partial charge in [0, 0.05) is 47.2 Å². The Morgan fingerprint density at radius 1 is 0.475 bits per heavy atom. The van der Waals surface area contributed by atoms with Crippen LogP contribution in [0.2, 0.25) is 0 Å². The molecule has 6 amide bonds. The molecule has 3 aliphatic heterocycles. The van der Waals surface area contributed by atoms with Crippen LogP contribution in [0.3, 0.4) is 0 Å². The molecule has 0 aromatic heterocycles. The Bertz CT molecular complexity index is 2640. The van der Waals surface area contributed by atoms with Gasteiger partial charge in [-0.3, -0.25) is 57.5 Å². The topological polar surface area (TPSA) is 425 Å². The molecule has 3 aromatic rings. The fourth-order valence-electron chi connectivity index (χ4n) is 6.81. The Morgan fingerprint density at radius 2 is 0.787 bits per heavy atom. The molecule has 6 rings (SSSR count). The molecule has 80 heavy (non-hydrogen) atoms. The van der Waals surface area contributed by atoms with Crippen LogP contribution >= 0.6 is 0 Å². The number of nitrogen functional groups attached to an aromatic ring is 1. The van der Waals surface area contributed by atoms with E-state index in [1.807, 2.05) is 6.07 Å². The lowest BCUT2D eigenvalue weighted by molar-refractivity contribution is -0.172. The van der Waals surface area contributed by atoms with Gasteiger partial charge in [0.25, 0.3) is 5.92 Å². The van der Waals surface area contributed by atoms with E-state index in [0.717, 1.165) is 22.4 Å². The molecule has 28 nitrogen and oxygen atoms in total. The average Bonchev–Trinajstić information content (AvgIpc) is 4.10. The van der Waals surface area contributed by atoms with Gasteiger partial charge in [0.2, 0.25) is 47.3 Å². The quantitative estimate of drug-likeness (QED) is 0.0314. The van der Waals surface area contributed by atoms with E-state index in [0.29, 0.717) is 41.4 Å². The number of aliphatic hydroxyl groups excluding tert-OH is 2. The molecule has 28 heteroatoms. The fourth-order valence-corrected chi connectivity index (χ4v) is 6.81. The Morgan fingerprint density at radius 3 is 1.12 bits per heavy atom. The molecule has 0 aliphatic carbocycles. The first-order valence-corrected chi connectivity index (χ1v) is 25.0. The van der Waals surface area contributed by atoms with Crippen molar-refractivity contribution in [3.8, 4) is 0 Å². The zero-order valence-corrected chi connectivity index (χ0v) is 45.0. The highest BCUT2D eigenvalue weighted by Gasteiger charge is 2.39. The number of nitrogens with two attached hydrogens (primary N) is 2. The third-order valence-electron chi connectivity index (χ3n) is 10.2. The second-order valence-electron chi connectivity index (χ2n) is 16.2. The normalized spacial score (nSPS) is 12.2. The maximum atomic E-state index is 12.4. The van der Waals surface area contributed by atoms with Gasteiger partial charge < -0.3 is 82.0 Å². The lowest BCUT2D eigenvalue weighted by Gasteiger charge is -2.15. The summed E-state index contributed by atoms with van der Waals surface area (Å²) >= 11 is 0. The number of aliphatic hydroxyl groups is 2. The first-order chi connectivity index (χ1) is 38.2. The molecular weight excluding hydrogens is 1060 g/mol. The van der Waals surface area contributed by atoms with Gasteiger partial charge in [-0.05, 0) is 94.6 Å². The minimum absolute atomic E-state index is 0.0147. The van der Waals surface area contributed by atoms with Crippen LogP contribution in [0.25, 0.3) is 0 Å². The van der Waals surface area contributed by atoms with Crippen molar-refractivity contribution in [1.29, 1.82) is 0 Å². The van der Waals surface area contributed by atoms with Crippen molar-refractivity contribution in [2.45, 2.75) is 60.8 Å². The molecule has 0 bridgehead atoms. The van der Waals surface area contributed by atoms with E-state index in [9.17, 15) is 57.5 Å². The van der Waals surface area contributed by atoms with Gasteiger partial charge in [0.05, 0.1) is 72.1 Å². The number of benzene rings is 3. The first kappa shape index (κ1) is 67.1. The van der Waals surface area contributed by atoms with Crippen molar-refractivity contribution in [3.63, 3.8) is 0 Å². The second-order valence-corrected chi connectivity index (χ2v) is 16.2. The molecule has 12 N–H and O–H groups in total. The van der Waals surface area contributed by atoms with E-state index < -0.39 is 71.3 Å². The number of carbonyl (C=O) groups excluding carboxylic acids is 12. The van der Waals surface area contributed by atoms with Crippen molar-refractivity contribution < 1.29 is 96.2 Å². The lowest BCUT2D eigenvalue weighted by Crippen LogP contribution is -2.44. The van der Waals surface area contributed by atoms with Crippen molar-refractivity contribution in [2.24, 2.45) is 23.5 Å². The number of esters is 6. The predicted molar refractivity (Wildman–Crippen MR) is 285 cm³/mol. The van der Waals surface area contributed by atoms with E-state index in [-0.39, 0.29) is 90.0 Å². The molecule has 1 unspecified atom stereocenters. The molecule has 3 aromatic carbocycles. The van der Waals surface area contributed by atoms with Crippen molar-refractivity contribution in [2.75, 3.05) is 98.3 Å². The van der Waals surface area contributed by atoms with Gasteiger partial charge >= 0.3 is 35.8 Å². The summed E-state index contributed by atoms with van der Waals surface area (Å²) in [4.78, 5) is 140. The summed E-state index contributed by atoms with van der Waals surface area (Å²) in [6, 6.07) is 15.1. The van der Waals surface area contributed by atoms with Gasteiger partial charge in [-0.2, -0.15) is 0 Å². The van der Waals surface area contributed by atoms with Gasteiger partial charge in [-0.15, -0.1) is 0 Å². The van der Waals surface area contributed by atoms with E-state index in [1.165, 1.54) is 0 Å². The third kappa shape index (κ3) is 21.8. The maximum absolute atomic E-state index is 12.4. The van der Waals surface area contributed by atoms with E-state index >= 15 is 0 Å². The molecule has 0 spiro atoms. The van der Waals surface area contributed by atoms with Crippen LogP contribution in [0.5, 0.6) is 0 Å². The second kappa shape index (κ2) is 35.4. The van der Waals surface area contributed by atoms with E-state index in [2.05, 4.69) is 46.1 Å². The van der Waals surface area contributed by atoms with E-state index in [4.69, 9.17) is 35.9 Å². The molecular formula is C52H68N8O20. The summed E-state index contributed by atoms with van der Waals surface area (Å²) in [5, 5.41) is 31.7. The number of anilines is 6. The Labute approximate surface area is 459 Å². The fraction of sp³-hybridized carbons (Fsp3) is 0.423. The van der Waals surface area contributed by atoms with Crippen LogP contribution in [0.15, 0.2) is 54.6 Å². The molecule has 436 valence electrons. The summed E-state index contributed by atoms with van der Waals surface area (Å²) in [7, 11) is 0. The van der Waals surface area contributed by atoms with Crippen LogP contribution in [0, 0.1) is 17.8 Å². The monoisotopic (exact) mass is 1120 g/mol. The van der Waals surface area contributed by atoms with Crippen LogP contribution in [0.1, 0.15) is 58.2 Å². The first-order valence-electron chi connectivity index (χ1n) is 25.0. The Balaban J connectivity index is 0.000000369. The highest BCUT2D eigenvalue weighted by Crippen LogP contribution is 2.28. The number of rotatable bonds is 20. The number of carbonyl (C=O) groups is 12. The predicted octanol–water partition coefficient (Wildman–Crippen LogP) is 0.262. The number of hydrogen-bond acceptors (Lipinski definition) is 22. The minimum Gasteiger partial charge on any atom is -0.465 e. The number of nitrogens with one attached hydrogen (secondary N) is 6. The average molecular weight is 1130 g/mol. The van der Waals surface area contributed by atoms with Crippen molar-refractivity contribution in [1.82, 2.24) is 5.32 Å². The van der Waals surface area contributed by atoms with Crippen LogP contribution in [-0.2, 0) is 105 Å². The molecule has 0 fully saturated rings. The SMILES string of the molecule is CCOC(=O)C(C(=O)NCCO)C(=O)Nc1ccc2c(c1)NC(=O)C2.CCOC(=O)C(C(=O)Nc1ccc2c(c1)NC(=O)C2)C(=O)OCC.CCOC(=O)C(C(=O)OCC)C(=O)OCC.NCCO.Nc1ccc2c(c1)NC(=O)C2. The van der Waals surface area contributed by atoms with Gasteiger partial charge in [-0.1, -0.05) is 18.2 Å². The summed E-state index contributed by atoms with van der Waals surface area (Å²) in [6.07, 6.45) is 1.02. The summed E-state index contributed by atoms with van der Waals surface area (Å²) < 4.78 is 28.1. The number of ether oxygens (including phenoxy) is 6. The van der Waals surface area contributed by atoms with Gasteiger partial charge in [-0.25, -0.2) is 0 Å². The summed E-state index contributed by atoms with van der Waals surface area (Å²) in [6.45, 7) is 9.79. The molecule has 3 aliphatic rings. The van der Waals surface area contributed by atoms with Crippen molar-refractivity contribution >= 4 is 105 Å². The third-order valence-corrected chi connectivity index (χ3v) is 10.2. The minimum atomic E-state index is -1.70. The maximum Gasteiger partial charge on any atom is 0.331 e. The van der Waals surface area contributed by atoms with Crippen LogP contribution in [-0.4, -0.2) is 147 Å². The van der Waals surface area contributed by atoms with Gasteiger partial charge in [0.1, 0.15) is 0 Å². The largest absolute Gasteiger partial charge is 0.465 e. The summed E-state index contributed by atoms with van der Waals surface area (Å²) in [5.41, 5.74) is 16.3. The molecule has 1 atom stereocenters. The number of amides is 6. The van der Waals surface area contributed by atoms with E-state index in [1.54, 1.807) is 90.1 Å². The smallest absolute Gasteiger partial charge is 0.331 e. The molecule has 0 saturated heterocycles. The highest BCUT2D eigenvalue weighted by molar-refractivity contribution is 6.20.